The lowest BCUT2D eigenvalue weighted by Gasteiger charge is -2.18. The zero-order chi connectivity index (χ0) is 13.4. The minimum Gasteiger partial charge on any atom is -0.316 e. The molecule has 6 heteroatoms. The van der Waals surface area contributed by atoms with Gasteiger partial charge in [0.1, 0.15) is 0 Å². The van der Waals surface area contributed by atoms with Gasteiger partial charge in [-0.3, -0.25) is 4.90 Å². The fourth-order valence-electron chi connectivity index (χ4n) is 2.28. The van der Waals surface area contributed by atoms with Crippen LogP contribution in [0.5, 0.6) is 0 Å². The Kier molecular flexibility index (Phi) is 7.41. The third-order valence-electron chi connectivity index (χ3n) is 3.16. The van der Waals surface area contributed by atoms with E-state index in [1.807, 2.05) is 11.8 Å². The van der Waals surface area contributed by atoms with Crippen LogP contribution in [-0.4, -0.2) is 55.8 Å². The summed E-state index contributed by atoms with van der Waals surface area (Å²) in [6, 6.07) is 0. The summed E-state index contributed by atoms with van der Waals surface area (Å²) in [5.41, 5.74) is 0. The molecule has 2 nitrogen and oxygen atoms in total. The van der Waals surface area contributed by atoms with Gasteiger partial charge in [0.05, 0.1) is 6.54 Å². The normalized spacial score (nSPS) is 21.7. The third-order valence-corrected chi connectivity index (χ3v) is 3.85. The molecule has 1 saturated heterocycles. The van der Waals surface area contributed by atoms with Crippen molar-refractivity contribution in [3.63, 3.8) is 0 Å². The lowest BCUT2D eigenvalue weighted by molar-refractivity contribution is -0.143. The van der Waals surface area contributed by atoms with Crippen molar-refractivity contribution < 1.29 is 13.2 Å². The molecule has 1 unspecified atom stereocenters. The maximum Gasteiger partial charge on any atom is 0.401 e. The van der Waals surface area contributed by atoms with Gasteiger partial charge in [-0.15, -0.1) is 0 Å². The Labute approximate surface area is 112 Å². The van der Waals surface area contributed by atoms with Crippen molar-refractivity contribution in [3.05, 3.63) is 0 Å². The van der Waals surface area contributed by atoms with Crippen molar-refractivity contribution >= 4 is 11.8 Å². The van der Waals surface area contributed by atoms with E-state index in [-0.39, 0.29) is 0 Å². The summed E-state index contributed by atoms with van der Waals surface area (Å²) >= 11 is 1.85. The summed E-state index contributed by atoms with van der Waals surface area (Å²) in [5, 5.41) is 3.35. The monoisotopic (exact) mass is 284 g/mol. The highest BCUT2D eigenvalue weighted by Gasteiger charge is 2.34. The van der Waals surface area contributed by atoms with Gasteiger partial charge in [-0.05, 0) is 56.8 Å². The quantitative estimate of drug-likeness (QED) is 0.690. The molecule has 1 rings (SSSR count). The molecule has 0 aliphatic carbocycles. The fraction of sp³-hybridized carbons (Fsp3) is 1.00. The molecule has 1 N–H and O–H groups in total. The van der Waals surface area contributed by atoms with Crippen LogP contribution in [0.25, 0.3) is 0 Å². The van der Waals surface area contributed by atoms with Crippen molar-refractivity contribution in [1.29, 1.82) is 0 Å². The molecule has 1 heterocycles. The van der Waals surface area contributed by atoms with Gasteiger partial charge in [-0.25, -0.2) is 0 Å². The van der Waals surface area contributed by atoms with Gasteiger partial charge >= 0.3 is 6.18 Å². The average Bonchev–Trinajstić information content (AvgIpc) is 2.68. The molecule has 0 aromatic heterocycles. The smallest absolute Gasteiger partial charge is 0.316 e. The van der Waals surface area contributed by atoms with E-state index in [4.69, 9.17) is 0 Å². The number of nitrogens with one attached hydrogen (secondary N) is 1. The van der Waals surface area contributed by atoms with Crippen LogP contribution in [0.4, 0.5) is 13.2 Å². The molecule has 1 aliphatic rings. The zero-order valence-corrected chi connectivity index (χ0v) is 11.7. The standard InChI is InChI=1S/C12H23F3N2S/c1-18-7-3-2-5-16-8-11-4-6-17(9-11)10-12(13,14)15/h11,16H,2-10H2,1H3. The first kappa shape index (κ1) is 16.1. The van der Waals surface area contributed by atoms with E-state index in [2.05, 4.69) is 11.6 Å². The predicted molar refractivity (Wildman–Crippen MR) is 71.1 cm³/mol. The van der Waals surface area contributed by atoms with Gasteiger partial charge in [-0.1, -0.05) is 0 Å². The van der Waals surface area contributed by atoms with Gasteiger partial charge in [0.25, 0.3) is 0 Å². The highest BCUT2D eigenvalue weighted by molar-refractivity contribution is 7.98. The number of rotatable bonds is 8. The lowest BCUT2D eigenvalue weighted by atomic mass is 10.1. The lowest BCUT2D eigenvalue weighted by Crippen LogP contribution is -2.33. The van der Waals surface area contributed by atoms with Crippen LogP contribution in [-0.2, 0) is 0 Å². The Hall–Kier alpha value is 0.0600. The highest BCUT2D eigenvalue weighted by atomic mass is 32.2. The number of nitrogens with zero attached hydrogens (tertiary/aromatic N) is 1. The predicted octanol–water partition coefficient (Wildman–Crippen LogP) is 2.60. The van der Waals surface area contributed by atoms with Crippen molar-refractivity contribution in [2.45, 2.75) is 25.4 Å². The van der Waals surface area contributed by atoms with Crippen molar-refractivity contribution in [2.75, 3.05) is 44.7 Å². The molecule has 108 valence electrons. The van der Waals surface area contributed by atoms with Crippen LogP contribution in [0.2, 0.25) is 0 Å². The second-order valence-electron chi connectivity index (χ2n) is 4.91. The van der Waals surface area contributed by atoms with E-state index < -0.39 is 12.7 Å². The molecule has 0 amide bonds. The van der Waals surface area contributed by atoms with E-state index in [9.17, 15) is 13.2 Å². The molecular weight excluding hydrogens is 261 g/mol. The van der Waals surface area contributed by atoms with Crippen LogP contribution in [0.3, 0.4) is 0 Å². The molecule has 0 saturated carbocycles. The Morgan fingerprint density at radius 3 is 2.78 bits per heavy atom. The molecule has 18 heavy (non-hydrogen) atoms. The fourth-order valence-corrected chi connectivity index (χ4v) is 2.77. The summed E-state index contributed by atoms with van der Waals surface area (Å²) in [6.45, 7) is 2.25. The number of halogens is 3. The molecule has 0 aromatic carbocycles. The number of likely N-dealkylation sites (tertiary alicyclic amines) is 1. The van der Waals surface area contributed by atoms with Gasteiger partial charge in [-0.2, -0.15) is 24.9 Å². The van der Waals surface area contributed by atoms with Crippen LogP contribution < -0.4 is 5.32 Å². The summed E-state index contributed by atoms with van der Waals surface area (Å²) in [4.78, 5) is 1.51. The van der Waals surface area contributed by atoms with Crippen molar-refractivity contribution in [3.8, 4) is 0 Å². The minimum atomic E-state index is -4.06. The van der Waals surface area contributed by atoms with E-state index >= 15 is 0 Å². The summed E-state index contributed by atoms with van der Waals surface area (Å²) in [7, 11) is 0. The van der Waals surface area contributed by atoms with E-state index in [0.29, 0.717) is 19.0 Å². The first-order valence-corrected chi connectivity index (χ1v) is 7.89. The van der Waals surface area contributed by atoms with Gasteiger partial charge in [0.2, 0.25) is 0 Å². The Bertz CT molecular complexity index is 224. The molecule has 1 aliphatic heterocycles. The molecule has 0 spiro atoms. The topological polar surface area (TPSA) is 15.3 Å². The molecule has 0 bridgehead atoms. The Morgan fingerprint density at radius 2 is 2.11 bits per heavy atom. The SMILES string of the molecule is CSCCCCNCC1CCN(CC(F)(F)F)C1. The summed E-state index contributed by atoms with van der Waals surface area (Å²) in [6.07, 6.45) is 1.29. The van der Waals surface area contributed by atoms with Crippen LogP contribution in [0.1, 0.15) is 19.3 Å². The van der Waals surface area contributed by atoms with Crippen LogP contribution in [0, 0.1) is 5.92 Å². The number of unbranched alkanes of at least 4 members (excludes halogenated alkanes) is 1. The maximum absolute atomic E-state index is 12.2. The minimum absolute atomic E-state index is 0.382. The summed E-state index contributed by atoms with van der Waals surface area (Å²) in [5.74, 6) is 1.57. The molecular formula is C12H23F3N2S. The van der Waals surface area contributed by atoms with Crippen molar-refractivity contribution in [1.82, 2.24) is 10.2 Å². The zero-order valence-electron chi connectivity index (χ0n) is 10.9. The molecule has 0 aromatic rings. The second-order valence-corrected chi connectivity index (χ2v) is 5.89. The number of thioether (sulfide) groups is 1. The van der Waals surface area contributed by atoms with Crippen LogP contribution in [0.15, 0.2) is 0 Å². The summed E-state index contributed by atoms with van der Waals surface area (Å²) < 4.78 is 36.6. The maximum atomic E-state index is 12.2. The molecule has 0 radical (unpaired) electrons. The second kappa shape index (κ2) is 8.27. The highest BCUT2D eigenvalue weighted by Crippen LogP contribution is 2.22. The molecule has 1 atom stereocenters. The van der Waals surface area contributed by atoms with Crippen LogP contribution >= 0.6 is 11.8 Å². The van der Waals surface area contributed by atoms with Crippen molar-refractivity contribution in [2.24, 2.45) is 5.92 Å². The largest absolute Gasteiger partial charge is 0.401 e. The van der Waals surface area contributed by atoms with Gasteiger partial charge < -0.3 is 5.32 Å². The van der Waals surface area contributed by atoms with Gasteiger partial charge in [0, 0.05) is 6.54 Å². The Balaban J connectivity index is 2.01. The average molecular weight is 284 g/mol. The third kappa shape index (κ3) is 7.48. The van der Waals surface area contributed by atoms with Gasteiger partial charge in [0.15, 0.2) is 0 Å². The van der Waals surface area contributed by atoms with E-state index in [0.717, 1.165) is 25.9 Å². The number of hydrogen-bond donors (Lipinski definition) is 1. The Morgan fingerprint density at radius 1 is 1.33 bits per heavy atom. The van der Waals surface area contributed by atoms with E-state index in [1.165, 1.54) is 17.1 Å². The first-order valence-electron chi connectivity index (χ1n) is 6.50. The number of hydrogen-bond acceptors (Lipinski definition) is 3. The number of alkyl halides is 3. The van der Waals surface area contributed by atoms with E-state index in [1.54, 1.807) is 0 Å². The molecule has 1 fully saturated rings. The first-order chi connectivity index (χ1) is 8.51.